The number of carboxylic acids is 1. The van der Waals surface area contributed by atoms with Gasteiger partial charge in [0, 0.05) is 19.7 Å². The molecule has 1 aliphatic heterocycles. The Morgan fingerprint density at radius 1 is 1.24 bits per heavy atom. The largest absolute Gasteiger partial charge is 0.480 e. The fourth-order valence-corrected chi connectivity index (χ4v) is 2.79. The van der Waals surface area contributed by atoms with Crippen LogP contribution in [0.25, 0.3) is 0 Å². The standard InChI is InChI=1S/C13H25NO3/c1-3-6-13(7-4-2,12(15)16)14-8-5-10-17-11-9-14/h3-11H2,1-2H3,(H,15,16). The predicted octanol–water partition coefficient (Wildman–Crippen LogP) is 2.13. The zero-order valence-electron chi connectivity index (χ0n) is 11.1. The van der Waals surface area contributed by atoms with Crippen molar-refractivity contribution in [1.82, 2.24) is 4.90 Å². The zero-order chi connectivity index (χ0) is 12.7. The summed E-state index contributed by atoms with van der Waals surface area (Å²) in [7, 11) is 0. The molecule has 0 aromatic heterocycles. The maximum atomic E-state index is 11.7. The lowest BCUT2D eigenvalue weighted by Gasteiger charge is -2.40. The van der Waals surface area contributed by atoms with Gasteiger partial charge in [0.15, 0.2) is 0 Å². The molecular formula is C13H25NO3. The van der Waals surface area contributed by atoms with E-state index in [1.807, 2.05) is 0 Å². The summed E-state index contributed by atoms with van der Waals surface area (Å²) >= 11 is 0. The first kappa shape index (κ1) is 14.5. The van der Waals surface area contributed by atoms with Crippen LogP contribution in [0.3, 0.4) is 0 Å². The summed E-state index contributed by atoms with van der Waals surface area (Å²) in [5, 5.41) is 9.65. The van der Waals surface area contributed by atoms with Gasteiger partial charge in [0.2, 0.25) is 0 Å². The third kappa shape index (κ3) is 3.42. The molecule has 1 aliphatic rings. The van der Waals surface area contributed by atoms with E-state index in [-0.39, 0.29) is 0 Å². The summed E-state index contributed by atoms with van der Waals surface area (Å²) in [6.07, 6.45) is 4.21. The Morgan fingerprint density at radius 2 is 1.88 bits per heavy atom. The van der Waals surface area contributed by atoms with E-state index < -0.39 is 11.5 Å². The lowest BCUT2D eigenvalue weighted by atomic mass is 9.86. The molecule has 1 fully saturated rings. The van der Waals surface area contributed by atoms with E-state index in [4.69, 9.17) is 4.74 Å². The van der Waals surface area contributed by atoms with Gasteiger partial charge >= 0.3 is 5.97 Å². The second-order valence-electron chi connectivity index (χ2n) is 4.79. The van der Waals surface area contributed by atoms with Crippen LogP contribution in [-0.2, 0) is 9.53 Å². The van der Waals surface area contributed by atoms with Crippen molar-refractivity contribution in [1.29, 1.82) is 0 Å². The second-order valence-corrected chi connectivity index (χ2v) is 4.79. The third-order valence-corrected chi connectivity index (χ3v) is 3.55. The summed E-state index contributed by atoms with van der Waals surface area (Å²) in [4.78, 5) is 13.9. The Balaban J connectivity index is 2.87. The predicted molar refractivity (Wildman–Crippen MR) is 67.2 cm³/mol. The molecule has 0 saturated carbocycles. The van der Waals surface area contributed by atoms with E-state index in [1.54, 1.807) is 0 Å². The first-order valence-corrected chi connectivity index (χ1v) is 6.73. The lowest BCUT2D eigenvalue weighted by molar-refractivity contribution is -0.153. The van der Waals surface area contributed by atoms with Crippen LogP contribution in [0.2, 0.25) is 0 Å². The van der Waals surface area contributed by atoms with Crippen LogP contribution in [0.4, 0.5) is 0 Å². The first-order valence-electron chi connectivity index (χ1n) is 6.73. The number of carbonyl (C=O) groups is 1. The van der Waals surface area contributed by atoms with Crippen molar-refractivity contribution in [2.24, 2.45) is 0 Å². The van der Waals surface area contributed by atoms with Gasteiger partial charge in [0.05, 0.1) is 6.61 Å². The minimum absolute atomic E-state index is 0.655. The highest BCUT2D eigenvalue weighted by atomic mass is 16.5. The highest BCUT2D eigenvalue weighted by molar-refractivity contribution is 5.78. The SMILES string of the molecule is CCCC(CCC)(C(=O)O)N1CCCOCC1. The van der Waals surface area contributed by atoms with E-state index in [0.717, 1.165) is 51.8 Å². The highest BCUT2D eigenvalue weighted by Gasteiger charge is 2.42. The van der Waals surface area contributed by atoms with Gasteiger partial charge in [0.1, 0.15) is 5.54 Å². The molecule has 1 saturated heterocycles. The van der Waals surface area contributed by atoms with Gasteiger partial charge in [-0.25, -0.2) is 0 Å². The molecule has 0 bridgehead atoms. The monoisotopic (exact) mass is 243 g/mol. The van der Waals surface area contributed by atoms with Crippen LogP contribution in [-0.4, -0.2) is 47.8 Å². The van der Waals surface area contributed by atoms with Crippen LogP contribution < -0.4 is 0 Å². The minimum Gasteiger partial charge on any atom is -0.480 e. The normalized spacial score (nSPS) is 18.9. The van der Waals surface area contributed by atoms with Crippen molar-refractivity contribution >= 4 is 5.97 Å². The van der Waals surface area contributed by atoms with Gasteiger partial charge in [-0.1, -0.05) is 26.7 Å². The number of hydrogen-bond acceptors (Lipinski definition) is 3. The van der Waals surface area contributed by atoms with E-state index in [1.165, 1.54) is 0 Å². The molecule has 0 amide bonds. The summed E-state index contributed by atoms with van der Waals surface area (Å²) in [6, 6.07) is 0. The average molecular weight is 243 g/mol. The van der Waals surface area contributed by atoms with Gasteiger partial charge in [-0.05, 0) is 19.3 Å². The molecule has 0 radical (unpaired) electrons. The summed E-state index contributed by atoms with van der Waals surface area (Å²) in [6.45, 7) is 7.11. The van der Waals surface area contributed by atoms with Crippen molar-refractivity contribution in [2.75, 3.05) is 26.3 Å². The number of nitrogens with zero attached hydrogens (tertiary/aromatic N) is 1. The van der Waals surface area contributed by atoms with Gasteiger partial charge in [-0.15, -0.1) is 0 Å². The maximum absolute atomic E-state index is 11.7. The summed E-state index contributed by atoms with van der Waals surface area (Å²) in [5.74, 6) is -0.664. The Labute approximate surface area is 104 Å². The van der Waals surface area contributed by atoms with Crippen molar-refractivity contribution in [2.45, 2.75) is 51.5 Å². The molecule has 4 nitrogen and oxygen atoms in total. The van der Waals surface area contributed by atoms with E-state index in [2.05, 4.69) is 18.7 Å². The zero-order valence-corrected chi connectivity index (χ0v) is 11.1. The highest BCUT2D eigenvalue weighted by Crippen LogP contribution is 2.28. The van der Waals surface area contributed by atoms with Gasteiger partial charge in [0.25, 0.3) is 0 Å². The lowest BCUT2D eigenvalue weighted by Crippen LogP contribution is -2.55. The number of aliphatic carboxylic acids is 1. The molecule has 1 N–H and O–H groups in total. The molecule has 0 aromatic rings. The van der Waals surface area contributed by atoms with Crippen LogP contribution in [0.15, 0.2) is 0 Å². The minimum atomic E-state index is -0.669. The Hall–Kier alpha value is -0.610. The van der Waals surface area contributed by atoms with Crippen molar-refractivity contribution in [3.8, 4) is 0 Å². The average Bonchev–Trinajstić information content (AvgIpc) is 2.57. The third-order valence-electron chi connectivity index (χ3n) is 3.55. The molecular weight excluding hydrogens is 218 g/mol. The molecule has 0 aromatic carbocycles. The molecule has 0 atom stereocenters. The maximum Gasteiger partial charge on any atom is 0.324 e. The fourth-order valence-electron chi connectivity index (χ4n) is 2.79. The first-order chi connectivity index (χ1) is 8.17. The molecule has 0 aliphatic carbocycles. The van der Waals surface area contributed by atoms with Crippen LogP contribution in [0.1, 0.15) is 46.0 Å². The Bertz CT molecular complexity index is 229. The van der Waals surface area contributed by atoms with Crippen LogP contribution >= 0.6 is 0 Å². The molecule has 1 heterocycles. The summed E-state index contributed by atoms with van der Waals surface area (Å²) < 4.78 is 5.42. The molecule has 4 heteroatoms. The van der Waals surface area contributed by atoms with E-state index >= 15 is 0 Å². The molecule has 1 rings (SSSR count). The molecule has 17 heavy (non-hydrogen) atoms. The van der Waals surface area contributed by atoms with E-state index in [0.29, 0.717) is 6.61 Å². The van der Waals surface area contributed by atoms with Crippen molar-refractivity contribution in [3.05, 3.63) is 0 Å². The van der Waals surface area contributed by atoms with Crippen LogP contribution in [0, 0.1) is 0 Å². The van der Waals surface area contributed by atoms with E-state index in [9.17, 15) is 9.90 Å². The molecule has 100 valence electrons. The number of ether oxygens (including phenoxy) is 1. The number of carboxylic acid groups (broad SMARTS) is 1. The van der Waals surface area contributed by atoms with Crippen LogP contribution in [0.5, 0.6) is 0 Å². The smallest absolute Gasteiger partial charge is 0.324 e. The van der Waals surface area contributed by atoms with Crippen molar-refractivity contribution < 1.29 is 14.6 Å². The molecule has 0 spiro atoms. The quantitative estimate of drug-likeness (QED) is 0.776. The van der Waals surface area contributed by atoms with Gasteiger partial charge < -0.3 is 9.84 Å². The molecule has 0 unspecified atom stereocenters. The number of rotatable bonds is 6. The Morgan fingerprint density at radius 3 is 2.41 bits per heavy atom. The summed E-state index contributed by atoms with van der Waals surface area (Å²) in [5.41, 5.74) is -0.669. The topological polar surface area (TPSA) is 49.8 Å². The fraction of sp³-hybridized carbons (Fsp3) is 0.923. The second kappa shape index (κ2) is 6.97. The van der Waals surface area contributed by atoms with Crippen molar-refractivity contribution in [3.63, 3.8) is 0 Å². The Kier molecular flexibility index (Phi) is 5.92. The van der Waals surface area contributed by atoms with Gasteiger partial charge in [-0.3, -0.25) is 9.69 Å². The van der Waals surface area contributed by atoms with Gasteiger partial charge in [-0.2, -0.15) is 0 Å². The number of hydrogen-bond donors (Lipinski definition) is 1.